The first kappa shape index (κ1) is 22.7. The van der Waals surface area contributed by atoms with Crippen LogP contribution in [0, 0.1) is 25.6 Å². The van der Waals surface area contributed by atoms with Gasteiger partial charge in [0.15, 0.2) is 0 Å². The molecule has 28 heavy (non-hydrogen) atoms. The number of hydrogen-bond acceptors (Lipinski definition) is 0. The molecule has 0 N–H and O–H groups in total. The second-order valence-corrected chi connectivity index (χ2v) is 8.53. The molecule has 0 nitrogen and oxygen atoms in total. The number of halogens is 1. The Morgan fingerprint density at radius 1 is 0.786 bits per heavy atom. The van der Waals surface area contributed by atoms with Crippen LogP contribution in [0.15, 0.2) is 42.5 Å². The summed E-state index contributed by atoms with van der Waals surface area (Å²) in [4.78, 5) is 0. The fraction of sp³-hybridized carbons (Fsp3) is 0.556. The summed E-state index contributed by atoms with van der Waals surface area (Å²) in [5.74, 6) is 1.25. The maximum Gasteiger partial charge on any atom is 0.123 e. The molecule has 0 bridgehead atoms. The Hall–Kier alpha value is -1.63. The molecular weight excluding hydrogens is 343 g/mol. The van der Waals surface area contributed by atoms with Crippen LogP contribution in [0.3, 0.4) is 0 Å². The van der Waals surface area contributed by atoms with Crippen LogP contribution in [-0.2, 0) is 6.42 Å². The van der Waals surface area contributed by atoms with Crippen molar-refractivity contribution >= 4 is 0 Å². The molecule has 3 rings (SSSR count). The first-order valence-corrected chi connectivity index (χ1v) is 11.4. The molecule has 1 aliphatic carbocycles. The highest BCUT2D eigenvalue weighted by Gasteiger charge is 2.32. The van der Waals surface area contributed by atoms with Gasteiger partial charge in [0, 0.05) is 0 Å². The highest BCUT2D eigenvalue weighted by molar-refractivity contribution is 5.33. The topological polar surface area (TPSA) is 0 Å². The molecule has 1 saturated carbocycles. The van der Waals surface area contributed by atoms with Crippen molar-refractivity contribution in [2.24, 2.45) is 5.92 Å². The van der Waals surface area contributed by atoms with E-state index >= 15 is 0 Å². The molecule has 1 aliphatic rings. The lowest BCUT2D eigenvalue weighted by Gasteiger charge is -2.37. The van der Waals surface area contributed by atoms with Crippen molar-refractivity contribution in [3.8, 4) is 0 Å². The standard InChI is InChI=1S/C19H21F.C8H18/c1-13-3-6-16(11-14(13)2)19-10-7-17(19)12-15-4-8-18(20)9-5-15;1-3-5-7-8-6-4-2/h3-6,8-9,11,17,19H,7,10,12H2,1-2H3;3-8H2,1-2H3. The van der Waals surface area contributed by atoms with E-state index in [2.05, 4.69) is 45.9 Å². The lowest BCUT2D eigenvalue weighted by Crippen LogP contribution is -2.25. The van der Waals surface area contributed by atoms with Gasteiger partial charge in [-0.25, -0.2) is 4.39 Å². The largest absolute Gasteiger partial charge is 0.207 e. The molecule has 1 heteroatoms. The van der Waals surface area contributed by atoms with Gasteiger partial charge in [-0.15, -0.1) is 0 Å². The molecule has 0 saturated heterocycles. The van der Waals surface area contributed by atoms with Crippen LogP contribution in [0.2, 0.25) is 0 Å². The van der Waals surface area contributed by atoms with Gasteiger partial charge >= 0.3 is 0 Å². The molecular formula is C27H39F. The number of hydrogen-bond donors (Lipinski definition) is 0. The molecule has 0 spiro atoms. The molecule has 0 radical (unpaired) electrons. The SMILES string of the molecule is CCCCCCCC.Cc1ccc(C2CCC2Cc2ccc(F)cc2)cc1C. The summed E-state index contributed by atoms with van der Waals surface area (Å²) >= 11 is 0. The third kappa shape index (κ3) is 7.08. The number of unbranched alkanes of at least 4 members (excludes halogenated alkanes) is 5. The lowest BCUT2D eigenvalue weighted by molar-refractivity contribution is 0.253. The van der Waals surface area contributed by atoms with Crippen molar-refractivity contribution < 1.29 is 4.39 Å². The smallest absolute Gasteiger partial charge is 0.123 e. The average molecular weight is 383 g/mol. The summed E-state index contributed by atoms with van der Waals surface area (Å²) in [6.45, 7) is 8.86. The second kappa shape index (κ2) is 12.0. The summed E-state index contributed by atoms with van der Waals surface area (Å²) < 4.78 is 12.9. The van der Waals surface area contributed by atoms with Gasteiger partial charge in [0.05, 0.1) is 0 Å². The van der Waals surface area contributed by atoms with Crippen molar-refractivity contribution in [1.29, 1.82) is 0 Å². The van der Waals surface area contributed by atoms with Crippen LogP contribution in [0.25, 0.3) is 0 Å². The zero-order valence-electron chi connectivity index (χ0n) is 18.4. The average Bonchev–Trinajstić information content (AvgIpc) is 2.67. The molecule has 154 valence electrons. The molecule has 2 unspecified atom stereocenters. The third-order valence-electron chi connectivity index (χ3n) is 6.24. The van der Waals surface area contributed by atoms with E-state index in [1.807, 2.05) is 12.1 Å². The fourth-order valence-corrected chi connectivity index (χ4v) is 4.02. The Labute approximate surface area is 172 Å². The van der Waals surface area contributed by atoms with E-state index in [0.29, 0.717) is 11.8 Å². The van der Waals surface area contributed by atoms with Crippen molar-refractivity contribution in [1.82, 2.24) is 0 Å². The van der Waals surface area contributed by atoms with Gasteiger partial charge in [-0.1, -0.05) is 82.7 Å². The van der Waals surface area contributed by atoms with Crippen molar-refractivity contribution in [2.45, 2.75) is 91.4 Å². The fourth-order valence-electron chi connectivity index (χ4n) is 4.02. The highest BCUT2D eigenvalue weighted by Crippen LogP contribution is 2.44. The third-order valence-corrected chi connectivity index (χ3v) is 6.24. The van der Waals surface area contributed by atoms with E-state index in [9.17, 15) is 4.39 Å². The van der Waals surface area contributed by atoms with E-state index in [4.69, 9.17) is 0 Å². The number of rotatable bonds is 8. The summed E-state index contributed by atoms with van der Waals surface area (Å²) in [6, 6.07) is 13.8. The van der Waals surface area contributed by atoms with Crippen LogP contribution in [0.1, 0.15) is 93.4 Å². The predicted octanol–water partition coefficient (Wildman–Crippen LogP) is 8.55. The molecule has 0 aliphatic heterocycles. The van der Waals surface area contributed by atoms with Crippen molar-refractivity contribution in [3.05, 3.63) is 70.5 Å². The maximum absolute atomic E-state index is 12.9. The minimum Gasteiger partial charge on any atom is -0.207 e. The van der Waals surface area contributed by atoms with E-state index in [-0.39, 0.29) is 5.82 Å². The molecule has 0 amide bonds. The Kier molecular flexibility index (Phi) is 9.75. The van der Waals surface area contributed by atoms with E-state index in [1.54, 1.807) is 12.1 Å². The van der Waals surface area contributed by atoms with E-state index in [0.717, 1.165) is 6.42 Å². The summed E-state index contributed by atoms with van der Waals surface area (Å²) in [5, 5.41) is 0. The van der Waals surface area contributed by atoms with Crippen LogP contribution < -0.4 is 0 Å². The number of aryl methyl sites for hydroxylation is 2. The molecule has 2 aromatic carbocycles. The Morgan fingerprint density at radius 2 is 1.43 bits per heavy atom. The Balaban J connectivity index is 0.000000300. The molecule has 0 aromatic heterocycles. The normalized spacial score (nSPS) is 18.2. The van der Waals surface area contributed by atoms with E-state index < -0.39 is 0 Å². The van der Waals surface area contributed by atoms with Crippen LogP contribution in [-0.4, -0.2) is 0 Å². The van der Waals surface area contributed by atoms with Crippen molar-refractivity contribution in [2.75, 3.05) is 0 Å². The lowest BCUT2D eigenvalue weighted by atomic mass is 9.67. The van der Waals surface area contributed by atoms with Crippen LogP contribution >= 0.6 is 0 Å². The maximum atomic E-state index is 12.9. The summed E-state index contributed by atoms with van der Waals surface area (Å²) in [6.07, 6.45) is 12.1. The van der Waals surface area contributed by atoms with E-state index in [1.165, 1.54) is 73.6 Å². The number of benzene rings is 2. The first-order chi connectivity index (χ1) is 13.5. The minimum atomic E-state index is -0.145. The molecule has 0 heterocycles. The Morgan fingerprint density at radius 3 is 1.93 bits per heavy atom. The highest BCUT2D eigenvalue weighted by atomic mass is 19.1. The van der Waals surface area contributed by atoms with Crippen molar-refractivity contribution in [3.63, 3.8) is 0 Å². The predicted molar refractivity (Wildman–Crippen MR) is 121 cm³/mol. The first-order valence-electron chi connectivity index (χ1n) is 11.4. The Bertz CT molecular complexity index is 680. The van der Waals surface area contributed by atoms with Crippen LogP contribution in [0.5, 0.6) is 0 Å². The van der Waals surface area contributed by atoms with Gasteiger partial charge < -0.3 is 0 Å². The second-order valence-electron chi connectivity index (χ2n) is 8.53. The minimum absolute atomic E-state index is 0.145. The zero-order chi connectivity index (χ0) is 20.4. The van der Waals surface area contributed by atoms with Gasteiger partial charge in [-0.2, -0.15) is 0 Å². The monoisotopic (exact) mass is 382 g/mol. The van der Waals surface area contributed by atoms with Gasteiger partial charge in [-0.05, 0) is 79.3 Å². The zero-order valence-corrected chi connectivity index (χ0v) is 18.4. The van der Waals surface area contributed by atoms with Gasteiger partial charge in [0.25, 0.3) is 0 Å². The molecule has 2 atom stereocenters. The van der Waals surface area contributed by atoms with Crippen LogP contribution in [0.4, 0.5) is 4.39 Å². The van der Waals surface area contributed by atoms with Gasteiger partial charge in [0.2, 0.25) is 0 Å². The quantitative estimate of drug-likeness (QED) is 0.401. The molecule has 1 fully saturated rings. The summed E-state index contributed by atoms with van der Waals surface area (Å²) in [7, 11) is 0. The van der Waals surface area contributed by atoms with Gasteiger partial charge in [0.1, 0.15) is 5.82 Å². The summed E-state index contributed by atoms with van der Waals surface area (Å²) in [5.41, 5.74) is 5.48. The van der Waals surface area contributed by atoms with Gasteiger partial charge in [-0.3, -0.25) is 0 Å². The molecule has 2 aromatic rings.